The number of carbonyl (C=O) groups is 1. The van der Waals surface area contributed by atoms with Crippen molar-refractivity contribution in [3.8, 4) is 5.75 Å². The molecular formula is C24H36N2O3. The van der Waals surface area contributed by atoms with Crippen LogP contribution in [0.1, 0.15) is 64.9 Å². The van der Waals surface area contributed by atoms with Crippen LogP contribution in [0.3, 0.4) is 0 Å². The first kappa shape index (κ1) is 21.7. The fourth-order valence-electron chi connectivity index (χ4n) is 4.38. The Morgan fingerprint density at radius 2 is 2.00 bits per heavy atom. The molecule has 29 heavy (non-hydrogen) atoms. The van der Waals surface area contributed by atoms with Gasteiger partial charge in [-0.25, -0.2) is 4.79 Å². The zero-order valence-corrected chi connectivity index (χ0v) is 18.2. The Balaban J connectivity index is 1.51. The summed E-state index contributed by atoms with van der Waals surface area (Å²) in [5.74, 6) is 2.21. The van der Waals surface area contributed by atoms with E-state index in [2.05, 4.69) is 23.7 Å². The normalized spacial score (nSPS) is 24.9. The highest BCUT2D eigenvalue weighted by atomic mass is 16.6. The summed E-state index contributed by atoms with van der Waals surface area (Å²) < 4.78 is 11.6. The number of rotatable bonds is 6. The van der Waals surface area contributed by atoms with Crippen LogP contribution >= 0.6 is 0 Å². The Bertz CT molecular complexity index is 690. The van der Waals surface area contributed by atoms with E-state index in [-0.39, 0.29) is 12.1 Å². The van der Waals surface area contributed by atoms with Gasteiger partial charge in [0.2, 0.25) is 0 Å². The number of hydrogen-bond donors (Lipinski definition) is 0. The number of likely N-dealkylation sites (tertiary alicyclic amines) is 1. The average Bonchev–Trinajstić information content (AvgIpc) is 3.15. The number of ether oxygens (including phenoxy) is 2. The summed E-state index contributed by atoms with van der Waals surface area (Å²) in [7, 11) is 0. The Kier molecular flexibility index (Phi) is 7.20. The van der Waals surface area contributed by atoms with Crippen LogP contribution in [0.15, 0.2) is 31.1 Å². The van der Waals surface area contributed by atoms with Gasteiger partial charge in [-0.3, -0.25) is 4.98 Å². The molecule has 0 spiro atoms. The lowest BCUT2D eigenvalue weighted by Gasteiger charge is -2.28. The van der Waals surface area contributed by atoms with Crippen molar-refractivity contribution in [2.75, 3.05) is 13.2 Å². The third kappa shape index (κ3) is 6.48. The van der Waals surface area contributed by atoms with Crippen LogP contribution in [0.4, 0.5) is 4.79 Å². The highest BCUT2D eigenvalue weighted by Crippen LogP contribution is 2.32. The lowest BCUT2D eigenvalue weighted by Crippen LogP contribution is -2.42. The third-order valence-corrected chi connectivity index (χ3v) is 5.97. The zero-order valence-electron chi connectivity index (χ0n) is 18.2. The largest absolute Gasteiger partial charge is 0.490 e. The molecule has 1 atom stereocenters. The summed E-state index contributed by atoms with van der Waals surface area (Å²) in [6, 6.07) is 2.17. The van der Waals surface area contributed by atoms with E-state index in [1.54, 1.807) is 11.1 Å². The number of hydrogen-bond acceptors (Lipinski definition) is 4. The summed E-state index contributed by atoms with van der Waals surface area (Å²) in [5, 5.41) is 0. The third-order valence-electron chi connectivity index (χ3n) is 5.97. The second-order valence-electron chi connectivity index (χ2n) is 9.53. The highest BCUT2D eigenvalue weighted by molar-refractivity contribution is 5.69. The SMILES string of the molecule is C=CC1CCC(Cc2cncc(OCC3CCCN3C(=O)OC(C)(C)C)c2)CC1. The van der Waals surface area contributed by atoms with Crippen LogP contribution in [-0.2, 0) is 11.2 Å². The molecule has 1 aliphatic heterocycles. The van der Waals surface area contributed by atoms with Crippen LogP contribution < -0.4 is 4.74 Å². The molecule has 2 aliphatic rings. The van der Waals surface area contributed by atoms with Gasteiger partial charge < -0.3 is 14.4 Å². The minimum atomic E-state index is -0.478. The van der Waals surface area contributed by atoms with Gasteiger partial charge in [0.05, 0.1) is 12.2 Å². The number of aromatic nitrogens is 1. The van der Waals surface area contributed by atoms with Crippen LogP contribution in [0.2, 0.25) is 0 Å². The molecule has 0 N–H and O–H groups in total. The van der Waals surface area contributed by atoms with Crippen LogP contribution in [0.25, 0.3) is 0 Å². The summed E-state index contributed by atoms with van der Waals surface area (Å²) in [5.41, 5.74) is 0.758. The van der Waals surface area contributed by atoms with Gasteiger partial charge in [0.25, 0.3) is 0 Å². The summed E-state index contributed by atoms with van der Waals surface area (Å²) in [6.07, 6.45) is 13.6. The minimum absolute atomic E-state index is 0.0580. The van der Waals surface area contributed by atoms with Crippen molar-refractivity contribution in [1.29, 1.82) is 0 Å². The van der Waals surface area contributed by atoms with E-state index in [1.165, 1.54) is 31.2 Å². The van der Waals surface area contributed by atoms with Crippen LogP contribution in [0, 0.1) is 11.8 Å². The van der Waals surface area contributed by atoms with Gasteiger partial charge in [-0.1, -0.05) is 6.08 Å². The Hall–Kier alpha value is -2.04. The van der Waals surface area contributed by atoms with E-state index < -0.39 is 5.60 Å². The summed E-state index contributed by atoms with van der Waals surface area (Å²) >= 11 is 0. The quantitative estimate of drug-likeness (QED) is 0.600. The molecule has 2 heterocycles. The fraction of sp³-hybridized carbons (Fsp3) is 0.667. The maximum atomic E-state index is 12.4. The molecule has 1 aromatic heterocycles. The van der Waals surface area contributed by atoms with Gasteiger partial charge in [0.15, 0.2) is 0 Å². The van der Waals surface area contributed by atoms with E-state index in [1.807, 2.05) is 27.0 Å². The van der Waals surface area contributed by atoms with Crippen molar-refractivity contribution in [3.63, 3.8) is 0 Å². The standard InChI is InChI=1S/C24H36N2O3/c1-5-18-8-10-19(11-9-18)13-20-14-22(16-25-15-20)28-17-21-7-6-12-26(21)23(27)29-24(2,3)4/h5,14-16,18-19,21H,1,6-13,17H2,2-4H3. The van der Waals surface area contributed by atoms with E-state index in [0.717, 1.165) is 37.5 Å². The molecule has 1 aliphatic carbocycles. The molecule has 2 fully saturated rings. The Morgan fingerprint density at radius 3 is 2.69 bits per heavy atom. The molecule has 5 nitrogen and oxygen atoms in total. The molecule has 1 saturated heterocycles. The van der Waals surface area contributed by atoms with E-state index in [9.17, 15) is 4.79 Å². The number of nitrogens with zero attached hydrogens (tertiary/aromatic N) is 2. The molecule has 0 radical (unpaired) electrons. The predicted molar refractivity (Wildman–Crippen MR) is 115 cm³/mol. The number of pyridine rings is 1. The van der Waals surface area contributed by atoms with Crippen molar-refractivity contribution < 1.29 is 14.3 Å². The molecular weight excluding hydrogens is 364 g/mol. The molecule has 5 heteroatoms. The van der Waals surface area contributed by atoms with Crippen LogP contribution in [0.5, 0.6) is 5.75 Å². The lowest BCUT2D eigenvalue weighted by atomic mass is 9.79. The zero-order chi connectivity index (χ0) is 20.9. The molecule has 3 rings (SSSR count). The van der Waals surface area contributed by atoms with Crippen molar-refractivity contribution in [1.82, 2.24) is 9.88 Å². The second-order valence-corrected chi connectivity index (χ2v) is 9.53. The summed E-state index contributed by atoms with van der Waals surface area (Å²) in [4.78, 5) is 18.6. The topological polar surface area (TPSA) is 51.7 Å². The molecule has 1 amide bonds. The monoisotopic (exact) mass is 400 g/mol. The van der Waals surface area contributed by atoms with E-state index in [4.69, 9.17) is 9.47 Å². The first-order valence-electron chi connectivity index (χ1n) is 11.0. The van der Waals surface area contributed by atoms with Gasteiger partial charge in [-0.05, 0) is 89.2 Å². The Morgan fingerprint density at radius 1 is 1.24 bits per heavy atom. The fourth-order valence-corrected chi connectivity index (χ4v) is 4.38. The number of allylic oxidation sites excluding steroid dienone is 1. The maximum Gasteiger partial charge on any atom is 0.410 e. The van der Waals surface area contributed by atoms with Crippen molar-refractivity contribution in [2.45, 2.75) is 77.4 Å². The smallest absolute Gasteiger partial charge is 0.410 e. The first-order chi connectivity index (χ1) is 13.8. The summed E-state index contributed by atoms with van der Waals surface area (Å²) in [6.45, 7) is 10.8. The van der Waals surface area contributed by atoms with E-state index >= 15 is 0 Å². The maximum absolute atomic E-state index is 12.4. The predicted octanol–water partition coefficient (Wildman–Crippen LogP) is 5.39. The second kappa shape index (κ2) is 9.64. The van der Waals surface area contributed by atoms with Crippen molar-refractivity contribution in [3.05, 3.63) is 36.7 Å². The molecule has 1 aromatic rings. The van der Waals surface area contributed by atoms with Gasteiger partial charge >= 0.3 is 6.09 Å². The van der Waals surface area contributed by atoms with E-state index in [0.29, 0.717) is 12.5 Å². The van der Waals surface area contributed by atoms with Gasteiger partial charge in [0.1, 0.15) is 18.0 Å². The molecule has 1 saturated carbocycles. The average molecular weight is 401 g/mol. The lowest BCUT2D eigenvalue weighted by molar-refractivity contribution is 0.0187. The number of carbonyl (C=O) groups excluding carboxylic acids is 1. The molecule has 0 bridgehead atoms. The number of amides is 1. The highest BCUT2D eigenvalue weighted by Gasteiger charge is 2.32. The Labute approximate surface area is 175 Å². The molecule has 160 valence electrons. The first-order valence-corrected chi connectivity index (χ1v) is 11.0. The van der Waals surface area contributed by atoms with Gasteiger partial charge in [0, 0.05) is 12.7 Å². The van der Waals surface area contributed by atoms with Crippen LogP contribution in [-0.4, -0.2) is 40.8 Å². The van der Waals surface area contributed by atoms with Crippen molar-refractivity contribution >= 4 is 6.09 Å². The van der Waals surface area contributed by atoms with Crippen molar-refractivity contribution in [2.24, 2.45) is 11.8 Å². The molecule has 1 unspecified atom stereocenters. The molecule has 0 aromatic carbocycles. The van der Waals surface area contributed by atoms with Gasteiger partial charge in [-0.2, -0.15) is 0 Å². The minimum Gasteiger partial charge on any atom is -0.490 e. The van der Waals surface area contributed by atoms with Gasteiger partial charge in [-0.15, -0.1) is 6.58 Å².